The van der Waals surface area contributed by atoms with E-state index < -0.39 is 0 Å². The molecule has 0 aromatic heterocycles. The normalized spacial score (nSPS) is 20.2. The molecular weight excluding hydrogens is 304 g/mol. The third-order valence-electron chi connectivity index (χ3n) is 3.95. The molecule has 2 heterocycles. The number of rotatable bonds is 4. The summed E-state index contributed by atoms with van der Waals surface area (Å²) in [5.74, 6) is 1.23. The molecule has 0 radical (unpaired) electrons. The van der Waals surface area contributed by atoms with Crippen LogP contribution in [0.3, 0.4) is 0 Å². The average Bonchev–Trinajstić information content (AvgIpc) is 2.74. The number of carbonyl (C=O) groups is 3. The van der Waals surface area contributed by atoms with Crippen LogP contribution in [0.15, 0.2) is 0 Å². The number of hydrogen-bond donors (Lipinski definition) is 0. The van der Waals surface area contributed by atoms with Gasteiger partial charge in [-0.3, -0.25) is 19.3 Å². The summed E-state index contributed by atoms with van der Waals surface area (Å²) in [7, 11) is 3.50. The Morgan fingerprint density at radius 2 is 1.91 bits per heavy atom. The highest BCUT2D eigenvalue weighted by molar-refractivity contribution is 8.00. The van der Waals surface area contributed by atoms with Gasteiger partial charge in [-0.1, -0.05) is 0 Å². The van der Waals surface area contributed by atoms with Crippen molar-refractivity contribution in [3.63, 3.8) is 0 Å². The monoisotopic (exact) mass is 328 g/mol. The smallest absolute Gasteiger partial charge is 0.242 e. The topological polar surface area (TPSA) is 64.2 Å². The molecule has 2 aliphatic heterocycles. The summed E-state index contributed by atoms with van der Waals surface area (Å²) in [5, 5.41) is 0. The molecule has 0 aromatic rings. The molecule has 2 fully saturated rings. The Kier molecular flexibility index (Phi) is 6.07. The van der Waals surface area contributed by atoms with Crippen molar-refractivity contribution < 1.29 is 14.4 Å². The number of amides is 3. The van der Waals surface area contributed by atoms with E-state index in [9.17, 15) is 14.4 Å². The van der Waals surface area contributed by atoms with Crippen molar-refractivity contribution in [1.82, 2.24) is 19.6 Å². The fourth-order valence-corrected chi connectivity index (χ4v) is 3.42. The zero-order valence-electron chi connectivity index (χ0n) is 13.3. The van der Waals surface area contributed by atoms with Crippen LogP contribution in [0.2, 0.25) is 0 Å². The van der Waals surface area contributed by atoms with E-state index in [1.807, 2.05) is 4.90 Å². The van der Waals surface area contributed by atoms with Gasteiger partial charge in [-0.25, -0.2) is 0 Å². The lowest BCUT2D eigenvalue weighted by Gasteiger charge is -2.24. The molecule has 0 N–H and O–H groups in total. The van der Waals surface area contributed by atoms with E-state index in [1.165, 1.54) is 0 Å². The van der Waals surface area contributed by atoms with Crippen LogP contribution in [0, 0.1) is 0 Å². The van der Waals surface area contributed by atoms with Crippen molar-refractivity contribution in [2.75, 3.05) is 65.0 Å². The fraction of sp³-hybridized carbons (Fsp3) is 0.786. The van der Waals surface area contributed by atoms with Gasteiger partial charge in [-0.2, -0.15) is 0 Å². The van der Waals surface area contributed by atoms with Gasteiger partial charge in [-0.05, 0) is 6.42 Å². The van der Waals surface area contributed by atoms with Gasteiger partial charge < -0.3 is 14.7 Å². The maximum absolute atomic E-state index is 12.3. The van der Waals surface area contributed by atoms with Crippen LogP contribution in [0.4, 0.5) is 0 Å². The van der Waals surface area contributed by atoms with Crippen LogP contribution < -0.4 is 0 Å². The van der Waals surface area contributed by atoms with Crippen molar-refractivity contribution in [3.8, 4) is 0 Å². The predicted molar refractivity (Wildman–Crippen MR) is 85.4 cm³/mol. The molecule has 0 unspecified atom stereocenters. The lowest BCUT2D eigenvalue weighted by atomic mass is 10.3. The van der Waals surface area contributed by atoms with Crippen LogP contribution in [-0.4, -0.2) is 102 Å². The van der Waals surface area contributed by atoms with Gasteiger partial charge in [0.2, 0.25) is 17.7 Å². The molecule has 124 valence electrons. The summed E-state index contributed by atoms with van der Waals surface area (Å²) in [5.41, 5.74) is 0. The molecule has 2 aliphatic rings. The first-order valence-electron chi connectivity index (χ1n) is 7.53. The van der Waals surface area contributed by atoms with E-state index in [2.05, 4.69) is 4.90 Å². The Labute approximate surface area is 135 Å². The summed E-state index contributed by atoms with van der Waals surface area (Å²) < 4.78 is 0. The molecule has 0 aromatic carbocycles. The SMILES string of the molecule is CN(C)C(=O)CN1CCCN(C(=O)CN2CSCC2=O)CC1. The van der Waals surface area contributed by atoms with Crippen LogP contribution in [0.25, 0.3) is 0 Å². The van der Waals surface area contributed by atoms with Gasteiger partial charge in [0, 0.05) is 40.3 Å². The van der Waals surface area contributed by atoms with Crippen LogP contribution >= 0.6 is 11.8 Å². The second kappa shape index (κ2) is 7.82. The molecule has 22 heavy (non-hydrogen) atoms. The minimum atomic E-state index is 0.0108. The predicted octanol–water partition coefficient (Wildman–Crippen LogP) is -0.858. The maximum Gasteiger partial charge on any atom is 0.242 e. The number of likely N-dealkylation sites (N-methyl/N-ethyl adjacent to an activating group) is 1. The van der Waals surface area contributed by atoms with Crippen molar-refractivity contribution >= 4 is 29.5 Å². The molecule has 0 saturated carbocycles. The highest BCUT2D eigenvalue weighted by Gasteiger charge is 2.26. The lowest BCUT2D eigenvalue weighted by Crippen LogP contribution is -2.43. The maximum atomic E-state index is 12.3. The van der Waals surface area contributed by atoms with Crippen LogP contribution in [-0.2, 0) is 14.4 Å². The Hall–Kier alpha value is -1.28. The van der Waals surface area contributed by atoms with Gasteiger partial charge in [-0.15, -0.1) is 11.8 Å². The fourth-order valence-electron chi connectivity index (χ4n) is 2.51. The van der Waals surface area contributed by atoms with Crippen molar-refractivity contribution in [2.24, 2.45) is 0 Å². The van der Waals surface area contributed by atoms with Gasteiger partial charge in [0.25, 0.3) is 0 Å². The first kappa shape index (κ1) is 17.1. The van der Waals surface area contributed by atoms with Gasteiger partial charge >= 0.3 is 0 Å². The van der Waals surface area contributed by atoms with E-state index in [4.69, 9.17) is 0 Å². The molecular formula is C14H24N4O3S. The van der Waals surface area contributed by atoms with Crippen LogP contribution in [0.1, 0.15) is 6.42 Å². The molecule has 2 saturated heterocycles. The Morgan fingerprint density at radius 3 is 2.55 bits per heavy atom. The molecule has 2 rings (SSSR count). The number of carbonyl (C=O) groups excluding carboxylic acids is 3. The number of nitrogens with zero attached hydrogens (tertiary/aromatic N) is 4. The number of thioether (sulfide) groups is 1. The van der Waals surface area contributed by atoms with Crippen LogP contribution in [0.5, 0.6) is 0 Å². The first-order valence-corrected chi connectivity index (χ1v) is 8.68. The van der Waals surface area contributed by atoms with Crippen molar-refractivity contribution in [2.45, 2.75) is 6.42 Å². The second-order valence-electron chi connectivity index (χ2n) is 5.87. The number of hydrogen-bond acceptors (Lipinski definition) is 5. The zero-order chi connectivity index (χ0) is 16.1. The van der Waals surface area contributed by atoms with Gasteiger partial charge in [0.05, 0.1) is 18.2 Å². The summed E-state index contributed by atoms with van der Waals surface area (Å²) in [4.78, 5) is 42.8. The molecule has 0 atom stereocenters. The minimum absolute atomic E-state index is 0.0108. The molecule has 7 nitrogen and oxygen atoms in total. The lowest BCUT2D eigenvalue weighted by molar-refractivity contribution is -0.137. The summed E-state index contributed by atoms with van der Waals surface area (Å²) >= 11 is 1.55. The van der Waals surface area contributed by atoms with E-state index in [-0.39, 0.29) is 24.3 Å². The highest BCUT2D eigenvalue weighted by atomic mass is 32.2. The minimum Gasteiger partial charge on any atom is -0.348 e. The second-order valence-corrected chi connectivity index (χ2v) is 6.82. The third kappa shape index (κ3) is 4.61. The molecule has 8 heteroatoms. The van der Waals surface area contributed by atoms with E-state index >= 15 is 0 Å². The average molecular weight is 328 g/mol. The molecule has 0 aliphatic carbocycles. The zero-order valence-corrected chi connectivity index (χ0v) is 14.1. The largest absolute Gasteiger partial charge is 0.348 e. The van der Waals surface area contributed by atoms with Crippen molar-refractivity contribution in [1.29, 1.82) is 0 Å². The standard InChI is InChI=1S/C14H24N4O3S/c1-15(2)12(19)8-16-4-3-5-17(7-6-16)13(20)9-18-11-22-10-14(18)21/h3-11H2,1-2H3. The summed E-state index contributed by atoms with van der Waals surface area (Å²) in [6.45, 7) is 3.42. The summed E-state index contributed by atoms with van der Waals surface area (Å²) in [6.07, 6.45) is 0.856. The Balaban J connectivity index is 1.80. The Morgan fingerprint density at radius 1 is 1.14 bits per heavy atom. The van der Waals surface area contributed by atoms with E-state index in [0.717, 1.165) is 13.0 Å². The van der Waals surface area contributed by atoms with Gasteiger partial charge in [0.15, 0.2) is 0 Å². The van der Waals surface area contributed by atoms with E-state index in [1.54, 1.807) is 35.7 Å². The molecule has 3 amide bonds. The summed E-state index contributed by atoms with van der Waals surface area (Å²) in [6, 6.07) is 0. The molecule has 0 bridgehead atoms. The molecule has 0 spiro atoms. The van der Waals surface area contributed by atoms with Crippen molar-refractivity contribution in [3.05, 3.63) is 0 Å². The Bertz CT molecular complexity index is 444. The quantitative estimate of drug-likeness (QED) is 0.672. The third-order valence-corrected chi connectivity index (χ3v) is 4.90. The van der Waals surface area contributed by atoms with Gasteiger partial charge in [0.1, 0.15) is 6.54 Å². The highest BCUT2D eigenvalue weighted by Crippen LogP contribution is 2.15. The van der Waals surface area contributed by atoms with E-state index in [0.29, 0.717) is 37.8 Å². The first-order chi connectivity index (χ1) is 10.5.